The molecule has 0 atom stereocenters. The molecule has 0 spiro atoms. The number of methoxy groups -OCH3 is 1. The Balaban J connectivity index is 2.43. The molecule has 0 fully saturated rings. The number of rotatable bonds is 6. The zero-order valence-corrected chi connectivity index (χ0v) is 13.9. The summed E-state index contributed by atoms with van der Waals surface area (Å²) in [6.45, 7) is 4.18. The van der Waals surface area contributed by atoms with E-state index >= 15 is 0 Å². The highest BCUT2D eigenvalue weighted by Crippen LogP contribution is 2.19. The van der Waals surface area contributed by atoms with Crippen molar-refractivity contribution < 1.29 is 19.5 Å². The highest BCUT2D eigenvalue weighted by molar-refractivity contribution is 5.86. The lowest BCUT2D eigenvalue weighted by Gasteiger charge is -2.16. The minimum Gasteiger partial charge on any atom is -0.471 e. The Morgan fingerprint density at radius 1 is 1.33 bits per heavy atom. The maximum atomic E-state index is 11.8. The Bertz CT molecular complexity index is 769. The minimum absolute atomic E-state index is 0.117. The first-order valence-electron chi connectivity index (χ1n) is 7.58. The molecule has 2 aromatic rings. The van der Waals surface area contributed by atoms with Crippen molar-refractivity contribution in [3.05, 3.63) is 52.8 Å². The van der Waals surface area contributed by atoms with Crippen LogP contribution in [0.1, 0.15) is 35.6 Å². The molecule has 0 saturated heterocycles. The standard InChI is InChI=1S/C17H21N3O4/c1-11(2)9-13-16(24-10-12-7-5-4-6-8-12)19-14(17(21)23-3)15(18)20(13)22/h4-8,11,18,22H,9-10H2,1-3H3. The number of aromatic nitrogens is 2. The normalized spacial score (nSPS) is 10.7. The van der Waals surface area contributed by atoms with Gasteiger partial charge < -0.3 is 14.7 Å². The fourth-order valence-corrected chi connectivity index (χ4v) is 2.19. The van der Waals surface area contributed by atoms with Gasteiger partial charge in [0.15, 0.2) is 11.2 Å². The van der Waals surface area contributed by atoms with Crippen LogP contribution < -0.4 is 10.2 Å². The predicted octanol–water partition coefficient (Wildman–Crippen LogP) is 2.16. The van der Waals surface area contributed by atoms with E-state index in [1.807, 2.05) is 44.2 Å². The average molecular weight is 331 g/mol. The van der Waals surface area contributed by atoms with Crippen LogP contribution in [0.15, 0.2) is 30.3 Å². The van der Waals surface area contributed by atoms with Crippen LogP contribution in [0.5, 0.6) is 5.88 Å². The molecule has 1 heterocycles. The smallest absolute Gasteiger partial charge is 0.360 e. The summed E-state index contributed by atoms with van der Waals surface area (Å²) in [6, 6.07) is 9.47. The Hall–Kier alpha value is -2.83. The lowest BCUT2D eigenvalue weighted by atomic mass is 10.1. The fraction of sp³-hybridized carbons (Fsp3) is 0.353. The summed E-state index contributed by atoms with van der Waals surface area (Å²) in [4.78, 5) is 15.9. The number of hydrogen-bond acceptors (Lipinski definition) is 6. The van der Waals surface area contributed by atoms with E-state index in [2.05, 4.69) is 9.72 Å². The van der Waals surface area contributed by atoms with Crippen LogP contribution >= 0.6 is 0 Å². The Kier molecular flexibility index (Phi) is 5.57. The number of nitrogens with one attached hydrogen (secondary N) is 1. The Morgan fingerprint density at radius 3 is 2.58 bits per heavy atom. The molecule has 0 saturated carbocycles. The highest BCUT2D eigenvalue weighted by atomic mass is 16.5. The first-order valence-corrected chi connectivity index (χ1v) is 7.58. The van der Waals surface area contributed by atoms with Gasteiger partial charge in [0.05, 0.1) is 7.11 Å². The van der Waals surface area contributed by atoms with Crippen molar-refractivity contribution in [2.75, 3.05) is 7.11 Å². The second-order valence-corrected chi connectivity index (χ2v) is 5.74. The quantitative estimate of drug-likeness (QED) is 0.624. The number of nitrogens with zero attached hydrogens (tertiary/aromatic N) is 2. The molecule has 24 heavy (non-hydrogen) atoms. The summed E-state index contributed by atoms with van der Waals surface area (Å²) in [5.41, 5.74) is 0.549. The number of ether oxygens (including phenoxy) is 2. The Labute approximate surface area is 140 Å². The van der Waals surface area contributed by atoms with Gasteiger partial charge in [-0.2, -0.15) is 4.73 Å². The zero-order valence-electron chi connectivity index (χ0n) is 13.9. The molecule has 0 bridgehead atoms. The van der Waals surface area contributed by atoms with Crippen molar-refractivity contribution in [1.82, 2.24) is 9.71 Å². The van der Waals surface area contributed by atoms with Crippen molar-refractivity contribution >= 4 is 5.97 Å². The maximum absolute atomic E-state index is 11.8. The van der Waals surface area contributed by atoms with E-state index in [-0.39, 0.29) is 24.1 Å². The number of benzene rings is 1. The third kappa shape index (κ3) is 3.92. The van der Waals surface area contributed by atoms with Gasteiger partial charge >= 0.3 is 5.97 Å². The van der Waals surface area contributed by atoms with Crippen molar-refractivity contribution in [2.45, 2.75) is 26.9 Å². The van der Waals surface area contributed by atoms with Crippen molar-refractivity contribution in [3.8, 4) is 5.88 Å². The van der Waals surface area contributed by atoms with Crippen molar-refractivity contribution in [1.29, 1.82) is 5.41 Å². The summed E-state index contributed by atoms with van der Waals surface area (Å²) in [7, 11) is 1.19. The van der Waals surface area contributed by atoms with Crippen LogP contribution in [0.25, 0.3) is 0 Å². The van der Waals surface area contributed by atoms with Crippen molar-refractivity contribution in [3.63, 3.8) is 0 Å². The van der Waals surface area contributed by atoms with Gasteiger partial charge in [0.2, 0.25) is 5.88 Å². The largest absolute Gasteiger partial charge is 0.471 e. The van der Waals surface area contributed by atoms with E-state index in [0.29, 0.717) is 16.8 Å². The lowest BCUT2D eigenvalue weighted by molar-refractivity contribution is 0.0577. The molecule has 2 rings (SSSR count). The van der Waals surface area contributed by atoms with Gasteiger partial charge in [-0.15, -0.1) is 0 Å². The van der Waals surface area contributed by atoms with E-state index in [1.165, 1.54) is 7.11 Å². The van der Waals surface area contributed by atoms with Gasteiger partial charge in [-0.3, -0.25) is 5.41 Å². The van der Waals surface area contributed by atoms with Crippen LogP contribution in [-0.4, -0.2) is 28.0 Å². The molecule has 0 aliphatic rings. The lowest BCUT2D eigenvalue weighted by Crippen LogP contribution is -2.31. The molecule has 7 nitrogen and oxygen atoms in total. The zero-order chi connectivity index (χ0) is 17.7. The summed E-state index contributed by atoms with van der Waals surface area (Å²) >= 11 is 0. The maximum Gasteiger partial charge on any atom is 0.360 e. The molecule has 2 N–H and O–H groups in total. The van der Waals surface area contributed by atoms with Crippen molar-refractivity contribution in [2.24, 2.45) is 5.92 Å². The second kappa shape index (κ2) is 7.63. The Morgan fingerprint density at radius 2 is 2.00 bits per heavy atom. The number of esters is 1. The number of carbonyl (C=O) groups excluding carboxylic acids is 1. The summed E-state index contributed by atoms with van der Waals surface area (Å²) in [5, 5.41) is 18.2. The first kappa shape index (κ1) is 17.5. The summed E-state index contributed by atoms with van der Waals surface area (Å²) in [6.07, 6.45) is 0.445. The van der Waals surface area contributed by atoms with E-state index in [1.54, 1.807) is 0 Å². The van der Waals surface area contributed by atoms with Gasteiger partial charge in [-0.1, -0.05) is 44.2 Å². The molecule has 7 heteroatoms. The molecule has 1 aromatic carbocycles. The van der Waals surface area contributed by atoms with Crippen LogP contribution in [0.4, 0.5) is 0 Å². The molecule has 0 aliphatic carbocycles. The van der Waals surface area contributed by atoms with Crippen LogP contribution in [0.2, 0.25) is 0 Å². The SMILES string of the molecule is COC(=O)c1nc(OCc2ccccc2)c(CC(C)C)n(O)c1=N. The van der Waals surface area contributed by atoms with E-state index in [9.17, 15) is 10.0 Å². The third-order valence-electron chi connectivity index (χ3n) is 3.35. The molecule has 1 aromatic heterocycles. The predicted molar refractivity (Wildman–Crippen MR) is 85.9 cm³/mol. The van der Waals surface area contributed by atoms with Crippen LogP contribution in [0, 0.1) is 11.3 Å². The molecule has 0 unspecified atom stereocenters. The number of carbonyl (C=O) groups is 1. The molecule has 0 aliphatic heterocycles. The second-order valence-electron chi connectivity index (χ2n) is 5.74. The number of hydrogen-bond donors (Lipinski definition) is 2. The molecule has 0 radical (unpaired) electrons. The summed E-state index contributed by atoms with van der Waals surface area (Å²) < 4.78 is 11.0. The summed E-state index contributed by atoms with van der Waals surface area (Å²) in [5.74, 6) is -0.484. The van der Waals surface area contributed by atoms with Gasteiger partial charge in [-0.05, 0) is 17.9 Å². The first-order chi connectivity index (χ1) is 11.4. The molecule has 0 amide bonds. The van der Waals surface area contributed by atoms with Gasteiger partial charge in [0, 0.05) is 0 Å². The molecule has 128 valence electrons. The van der Waals surface area contributed by atoms with Crippen LogP contribution in [0.3, 0.4) is 0 Å². The fourth-order valence-electron chi connectivity index (χ4n) is 2.19. The topological polar surface area (TPSA) is 97.4 Å². The molecular formula is C17H21N3O4. The van der Waals surface area contributed by atoms with Gasteiger partial charge in [0.25, 0.3) is 0 Å². The van der Waals surface area contributed by atoms with E-state index in [0.717, 1.165) is 5.56 Å². The van der Waals surface area contributed by atoms with Crippen LogP contribution in [-0.2, 0) is 17.8 Å². The van der Waals surface area contributed by atoms with E-state index in [4.69, 9.17) is 10.1 Å². The molecular weight excluding hydrogens is 310 g/mol. The van der Waals surface area contributed by atoms with E-state index < -0.39 is 11.5 Å². The average Bonchev–Trinajstić information content (AvgIpc) is 2.58. The van der Waals surface area contributed by atoms with Gasteiger partial charge in [0.1, 0.15) is 12.3 Å². The van der Waals surface area contributed by atoms with Gasteiger partial charge in [-0.25, -0.2) is 9.78 Å². The highest BCUT2D eigenvalue weighted by Gasteiger charge is 2.21. The minimum atomic E-state index is -0.802. The third-order valence-corrected chi connectivity index (χ3v) is 3.35. The monoisotopic (exact) mass is 331 g/mol.